The van der Waals surface area contributed by atoms with E-state index in [2.05, 4.69) is 11.9 Å². The summed E-state index contributed by atoms with van der Waals surface area (Å²) in [6, 6.07) is 0.882. The third-order valence-corrected chi connectivity index (χ3v) is 3.85. The Hall–Kier alpha value is -0.320. The van der Waals surface area contributed by atoms with Crippen molar-refractivity contribution >= 4 is 18.3 Å². The molecule has 3 atom stereocenters. The Morgan fingerprint density at radius 1 is 1.31 bits per heavy atom. The number of likely N-dealkylation sites (tertiary alicyclic amines) is 1. The third-order valence-electron chi connectivity index (χ3n) is 3.85. The molecule has 2 rings (SSSR count). The fourth-order valence-corrected chi connectivity index (χ4v) is 2.80. The van der Waals surface area contributed by atoms with Gasteiger partial charge in [-0.1, -0.05) is 0 Å². The van der Waals surface area contributed by atoms with Crippen molar-refractivity contribution < 1.29 is 4.79 Å². The summed E-state index contributed by atoms with van der Waals surface area (Å²) >= 11 is 0. The minimum absolute atomic E-state index is 0. The minimum atomic E-state index is -0.355. The van der Waals surface area contributed by atoms with E-state index < -0.39 is 0 Å². The van der Waals surface area contributed by atoms with Gasteiger partial charge in [0.1, 0.15) is 0 Å². The fourth-order valence-electron chi connectivity index (χ4n) is 2.80. The molecule has 2 aliphatic rings. The molecule has 94 valence electrons. The zero-order chi connectivity index (χ0) is 11.0. The van der Waals surface area contributed by atoms with Crippen LogP contribution in [0.4, 0.5) is 0 Å². The van der Waals surface area contributed by atoms with Crippen molar-refractivity contribution in [3.8, 4) is 0 Å². The summed E-state index contributed by atoms with van der Waals surface area (Å²) in [4.78, 5) is 16.2. The number of fused-ring (bicyclic) bond motifs is 2. The normalized spacial score (nSPS) is 31.8. The standard InChI is InChI=1S/C11H21N3O.ClH/c1-8(12)11(15)14-6-5-9-3-4-10(7-14)13(9)2;/h8-10H,3-7,12H2,1-2H3;1H/t8-,9?,10?;/m1./s1. The lowest BCUT2D eigenvalue weighted by Gasteiger charge is -2.27. The second kappa shape index (κ2) is 5.34. The third kappa shape index (κ3) is 2.50. The molecule has 0 aromatic carbocycles. The van der Waals surface area contributed by atoms with Crippen LogP contribution >= 0.6 is 12.4 Å². The van der Waals surface area contributed by atoms with Crippen molar-refractivity contribution in [1.82, 2.24) is 9.80 Å². The zero-order valence-corrected chi connectivity index (χ0v) is 10.9. The summed E-state index contributed by atoms with van der Waals surface area (Å²) in [6.07, 6.45) is 3.62. The van der Waals surface area contributed by atoms with Crippen molar-refractivity contribution in [2.45, 2.75) is 44.3 Å². The van der Waals surface area contributed by atoms with Crippen LogP contribution in [0, 0.1) is 0 Å². The van der Waals surface area contributed by atoms with Crippen molar-refractivity contribution in [1.29, 1.82) is 0 Å². The van der Waals surface area contributed by atoms with Crippen LogP contribution in [-0.2, 0) is 4.79 Å². The second-order valence-corrected chi connectivity index (χ2v) is 4.91. The molecule has 2 heterocycles. The largest absolute Gasteiger partial charge is 0.340 e. The van der Waals surface area contributed by atoms with Gasteiger partial charge in [-0.15, -0.1) is 12.4 Å². The van der Waals surface area contributed by atoms with Gasteiger partial charge in [-0.05, 0) is 33.2 Å². The highest BCUT2D eigenvalue weighted by molar-refractivity contribution is 5.85. The number of nitrogens with two attached hydrogens (primary N) is 1. The molecule has 2 unspecified atom stereocenters. The lowest BCUT2D eigenvalue weighted by atomic mass is 10.1. The number of halogens is 1. The fraction of sp³-hybridized carbons (Fsp3) is 0.909. The molecular formula is C11H22ClN3O. The van der Waals surface area contributed by atoms with E-state index in [1.54, 1.807) is 6.92 Å². The van der Waals surface area contributed by atoms with Gasteiger partial charge in [0.05, 0.1) is 6.04 Å². The lowest BCUT2D eigenvalue weighted by Crippen LogP contribution is -2.46. The van der Waals surface area contributed by atoms with Crippen LogP contribution < -0.4 is 5.73 Å². The summed E-state index contributed by atoms with van der Waals surface area (Å²) in [5, 5.41) is 0. The first-order chi connectivity index (χ1) is 7.09. The molecular weight excluding hydrogens is 226 g/mol. The van der Waals surface area contributed by atoms with Gasteiger partial charge in [0.15, 0.2) is 0 Å². The Morgan fingerprint density at radius 3 is 2.56 bits per heavy atom. The summed E-state index contributed by atoms with van der Waals surface area (Å²) in [5.41, 5.74) is 5.65. The maximum Gasteiger partial charge on any atom is 0.239 e. The molecule has 4 nitrogen and oxygen atoms in total. The van der Waals surface area contributed by atoms with Crippen molar-refractivity contribution in [2.24, 2.45) is 5.73 Å². The number of likely N-dealkylation sites (N-methyl/N-ethyl adjacent to an activating group) is 1. The van der Waals surface area contributed by atoms with Gasteiger partial charge in [0, 0.05) is 25.2 Å². The van der Waals surface area contributed by atoms with E-state index in [1.165, 1.54) is 12.8 Å². The van der Waals surface area contributed by atoms with Gasteiger partial charge in [-0.2, -0.15) is 0 Å². The van der Waals surface area contributed by atoms with Crippen molar-refractivity contribution in [2.75, 3.05) is 20.1 Å². The van der Waals surface area contributed by atoms with Gasteiger partial charge in [0.25, 0.3) is 0 Å². The number of nitrogens with zero attached hydrogens (tertiary/aromatic N) is 2. The van der Waals surface area contributed by atoms with Crippen LogP contribution in [0.3, 0.4) is 0 Å². The molecule has 2 aliphatic heterocycles. The quantitative estimate of drug-likeness (QED) is 0.732. The average molecular weight is 248 g/mol. The van der Waals surface area contributed by atoms with E-state index in [-0.39, 0.29) is 24.4 Å². The number of hydrogen-bond donors (Lipinski definition) is 1. The Balaban J connectivity index is 0.00000128. The average Bonchev–Trinajstić information content (AvgIpc) is 2.40. The highest BCUT2D eigenvalue weighted by atomic mass is 35.5. The Morgan fingerprint density at radius 2 is 1.94 bits per heavy atom. The highest BCUT2D eigenvalue weighted by Gasteiger charge is 2.36. The van der Waals surface area contributed by atoms with Crippen LogP contribution in [0.25, 0.3) is 0 Å². The Labute approximate surface area is 104 Å². The van der Waals surface area contributed by atoms with E-state index in [0.29, 0.717) is 12.1 Å². The maximum atomic E-state index is 11.8. The molecule has 2 fully saturated rings. The summed E-state index contributed by atoms with van der Waals surface area (Å²) in [6.45, 7) is 3.52. The van der Waals surface area contributed by atoms with Crippen molar-refractivity contribution in [3.63, 3.8) is 0 Å². The number of carbonyl (C=O) groups excluding carboxylic acids is 1. The summed E-state index contributed by atoms with van der Waals surface area (Å²) in [7, 11) is 2.18. The molecule has 2 saturated heterocycles. The van der Waals surface area contributed by atoms with Gasteiger partial charge >= 0.3 is 0 Å². The molecule has 0 aromatic heterocycles. The monoisotopic (exact) mass is 247 g/mol. The molecule has 2 N–H and O–H groups in total. The predicted molar refractivity (Wildman–Crippen MR) is 66.7 cm³/mol. The Kier molecular flexibility index (Phi) is 4.59. The van der Waals surface area contributed by atoms with E-state index >= 15 is 0 Å². The van der Waals surface area contributed by atoms with Crippen LogP contribution in [-0.4, -0.2) is 54.0 Å². The molecule has 5 heteroatoms. The predicted octanol–water partition coefficient (Wildman–Crippen LogP) is 0.450. The second-order valence-electron chi connectivity index (χ2n) is 4.91. The molecule has 0 saturated carbocycles. The van der Waals surface area contributed by atoms with E-state index in [9.17, 15) is 4.79 Å². The Bertz CT molecular complexity index is 260. The first-order valence-electron chi connectivity index (χ1n) is 5.86. The molecule has 0 aliphatic carbocycles. The molecule has 16 heavy (non-hydrogen) atoms. The van der Waals surface area contributed by atoms with Crippen LogP contribution in [0.15, 0.2) is 0 Å². The zero-order valence-electron chi connectivity index (χ0n) is 10.1. The van der Waals surface area contributed by atoms with Crippen LogP contribution in [0.2, 0.25) is 0 Å². The number of rotatable bonds is 1. The molecule has 0 spiro atoms. The maximum absolute atomic E-state index is 11.8. The SMILES string of the molecule is C[C@@H](N)C(=O)N1CCC2CCC(C1)N2C.Cl. The van der Waals surface area contributed by atoms with Gasteiger partial charge < -0.3 is 10.6 Å². The van der Waals surface area contributed by atoms with Gasteiger partial charge in [-0.25, -0.2) is 0 Å². The topological polar surface area (TPSA) is 49.6 Å². The number of hydrogen-bond acceptors (Lipinski definition) is 3. The molecule has 1 amide bonds. The molecule has 0 aromatic rings. The summed E-state index contributed by atoms with van der Waals surface area (Å²) < 4.78 is 0. The first-order valence-corrected chi connectivity index (χ1v) is 5.86. The van der Waals surface area contributed by atoms with Gasteiger partial charge in [0.2, 0.25) is 5.91 Å². The van der Waals surface area contributed by atoms with E-state index in [0.717, 1.165) is 19.5 Å². The van der Waals surface area contributed by atoms with Crippen molar-refractivity contribution in [3.05, 3.63) is 0 Å². The first kappa shape index (κ1) is 13.7. The van der Waals surface area contributed by atoms with Gasteiger partial charge in [-0.3, -0.25) is 9.69 Å². The smallest absolute Gasteiger partial charge is 0.239 e. The van der Waals surface area contributed by atoms with E-state index in [4.69, 9.17) is 5.73 Å². The summed E-state index contributed by atoms with van der Waals surface area (Å²) in [5.74, 6) is 0.107. The number of amides is 1. The minimum Gasteiger partial charge on any atom is -0.340 e. The van der Waals surface area contributed by atoms with Crippen LogP contribution in [0.1, 0.15) is 26.2 Å². The lowest BCUT2D eigenvalue weighted by molar-refractivity contribution is -0.132. The molecule has 0 radical (unpaired) electrons. The van der Waals surface area contributed by atoms with E-state index in [1.807, 2.05) is 4.90 Å². The number of carbonyl (C=O) groups is 1. The molecule has 2 bridgehead atoms. The van der Waals surface area contributed by atoms with Crippen LogP contribution in [0.5, 0.6) is 0 Å². The highest BCUT2D eigenvalue weighted by Crippen LogP contribution is 2.28.